The predicted octanol–water partition coefficient (Wildman–Crippen LogP) is 3.45. The quantitative estimate of drug-likeness (QED) is 0.843. The second-order valence-corrected chi connectivity index (χ2v) is 4.67. The molecule has 0 radical (unpaired) electrons. The van der Waals surface area contributed by atoms with Crippen LogP contribution in [0.1, 0.15) is 19.8 Å². The van der Waals surface area contributed by atoms with Crippen molar-refractivity contribution in [3.05, 3.63) is 36.7 Å². The van der Waals surface area contributed by atoms with Crippen molar-refractivity contribution in [2.24, 2.45) is 5.92 Å². The zero-order valence-electron chi connectivity index (χ0n) is 9.48. The van der Waals surface area contributed by atoms with Gasteiger partial charge in [-0.05, 0) is 43.2 Å². The van der Waals surface area contributed by atoms with Crippen LogP contribution in [0.3, 0.4) is 0 Å². The molecule has 82 valence electrons. The Morgan fingerprint density at radius 2 is 2.19 bits per heavy atom. The van der Waals surface area contributed by atoms with E-state index in [0.717, 1.165) is 5.92 Å². The Balaban J connectivity index is 1.95. The number of nitrogens with one attached hydrogen (secondary N) is 1. The summed E-state index contributed by atoms with van der Waals surface area (Å²) in [5.74, 6) is 0.868. The lowest BCUT2D eigenvalue weighted by Crippen LogP contribution is -2.17. The van der Waals surface area contributed by atoms with Crippen molar-refractivity contribution in [3.63, 3.8) is 0 Å². The third-order valence-electron chi connectivity index (χ3n) is 3.40. The van der Waals surface area contributed by atoms with Crippen molar-refractivity contribution >= 4 is 16.5 Å². The average Bonchev–Trinajstić information content (AvgIpc) is 3.13. The van der Waals surface area contributed by atoms with Crippen molar-refractivity contribution in [2.45, 2.75) is 25.8 Å². The maximum Gasteiger partial charge on any atom is 0.0437 e. The zero-order valence-corrected chi connectivity index (χ0v) is 9.48. The lowest BCUT2D eigenvalue weighted by Gasteiger charge is -2.15. The first-order valence-corrected chi connectivity index (χ1v) is 5.94. The van der Waals surface area contributed by atoms with E-state index in [-0.39, 0.29) is 0 Å². The van der Waals surface area contributed by atoms with Gasteiger partial charge in [0.1, 0.15) is 0 Å². The van der Waals surface area contributed by atoms with Gasteiger partial charge in [0.05, 0.1) is 0 Å². The second-order valence-electron chi connectivity index (χ2n) is 4.67. The summed E-state index contributed by atoms with van der Waals surface area (Å²) < 4.78 is 0. The Bertz CT molecular complexity index is 498. The van der Waals surface area contributed by atoms with E-state index in [1.165, 1.54) is 29.3 Å². The van der Waals surface area contributed by atoms with E-state index >= 15 is 0 Å². The number of pyridine rings is 1. The van der Waals surface area contributed by atoms with Crippen LogP contribution in [0.4, 0.5) is 5.69 Å². The first-order chi connectivity index (χ1) is 7.84. The lowest BCUT2D eigenvalue weighted by molar-refractivity contribution is 0.695. The molecule has 0 amide bonds. The Morgan fingerprint density at radius 1 is 1.31 bits per heavy atom. The summed E-state index contributed by atoms with van der Waals surface area (Å²) in [5.41, 5.74) is 1.21. The number of nitrogens with zero attached hydrogens (tertiary/aromatic N) is 1. The highest BCUT2D eigenvalue weighted by atomic mass is 14.9. The molecule has 1 N–H and O–H groups in total. The molecule has 0 saturated heterocycles. The zero-order chi connectivity index (χ0) is 11.0. The molecule has 1 aliphatic carbocycles. The minimum Gasteiger partial charge on any atom is -0.382 e. The molecule has 1 fully saturated rings. The van der Waals surface area contributed by atoms with Crippen LogP contribution in [0.5, 0.6) is 0 Å². The van der Waals surface area contributed by atoms with Gasteiger partial charge in [0.25, 0.3) is 0 Å². The molecule has 0 bridgehead atoms. The maximum absolute atomic E-state index is 4.20. The van der Waals surface area contributed by atoms with Crippen LogP contribution >= 0.6 is 0 Å². The summed E-state index contributed by atoms with van der Waals surface area (Å²) in [6, 6.07) is 9.00. The maximum atomic E-state index is 4.20. The number of fused-ring (bicyclic) bond motifs is 1. The lowest BCUT2D eigenvalue weighted by atomic mass is 10.1. The SMILES string of the molecule is CC(Nc1cccc2ccncc12)C1CC1. The number of rotatable bonds is 3. The summed E-state index contributed by atoms with van der Waals surface area (Å²) in [6.45, 7) is 2.27. The molecular formula is C14H16N2. The normalized spacial score (nSPS) is 17.3. The van der Waals surface area contributed by atoms with Crippen molar-refractivity contribution in [3.8, 4) is 0 Å². The summed E-state index contributed by atoms with van der Waals surface area (Å²) in [5, 5.41) is 6.08. The highest BCUT2D eigenvalue weighted by molar-refractivity contribution is 5.93. The number of hydrogen-bond donors (Lipinski definition) is 1. The number of anilines is 1. The number of hydrogen-bond acceptors (Lipinski definition) is 2. The topological polar surface area (TPSA) is 24.9 Å². The molecule has 2 heteroatoms. The molecule has 1 saturated carbocycles. The van der Waals surface area contributed by atoms with Gasteiger partial charge >= 0.3 is 0 Å². The molecule has 1 unspecified atom stereocenters. The molecule has 1 aromatic carbocycles. The largest absolute Gasteiger partial charge is 0.382 e. The van der Waals surface area contributed by atoms with Crippen molar-refractivity contribution in [1.29, 1.82) is 0 Å². The van der Waals surface area contributed by atoms with Gasteiger partial charge in [-0.15, -0.1) is 0 Å². The van der Waals surface area contributed by atoms with Gasteiger partial charge in [0.2, 0.25) is 0 Å². The first-order valence-electron chi connectivity index (χ1n) is 5.94. The molecule has 1 aliphatic rings. The van der Waals surface area contributed by atoms with Crippen LogP contribution in [0.15, 0.2) is 36.7 Å². The average molecular weight is 212 g/mol. The van der Waals surface area contributed by atoms with Gasteiger partial charge in [-0.1, -0.05) is 12.1 Å². The van der Waals surface area contributed by atoms with E-state index in [2.05, 4.69) is 41.5 Å². The third kappa shape index (κ3) is 1.75. The van der Waals surface area contributed by atoms with Crippen molar-refractivity contribution in [1.82, 2.24) is 4.98 Å². The Labute approximate surface area is 95.7 Å². The highest BCUT2D eigenvalue weighted by Crippen LogP contribution is 2.35. The van der Waals surface area contributed by atoms with Crippen molar-refractivity contribution in [2.75, 3.05) is 5.32 Å². The summed E-state index contributed by atoms with van der Waals surface area (Å²) in [7, 11) is 0. The van der Waals surface area contributed by atoms with Crippen LogP contribution < -0.4 is 5.32 Å². The summed E-state index contributed by atoms with van der Waals surface area (Å²) >= 11 is 0. The Hall–Kier alpha value is -1.57. The number of benzene rings is 1. The van der Waals surface area contributed by atoms with Gasteiger partial charge in [-0.25, -0.2) is 0 Å². The predicted molar refractivity (Wildman–Crippen MR) is 67.6 cm³/mol. The summed E-state index contributed by atoms with van der Waals surface area (Å²) in [4.78, 5) is 4.20. The molecule has 1 aromatic heterocycles. The fourth-order valence-electron chi connectivity index (χ4n) is 2.20. The van der Waals surface area contributed by atoms with Crippen LogP contribution in [0.25, 0.3) is 10.8 Å². The third-order valence-corrected chi connectivity index (χ3v) is 3.40. The fourth-order valence-corrected chi connectivity index (χ4v) is 2.20. The van der Waals surface area contributed by atoms with E-state index in [1.54, 1.807) is 0 Å². The number of aromatic nitrogens is 1. The molecule has 2 nitrogen and oxygen atoms in total. The molecule has 0 spiro atoms. The van der Waals surface area contributed by atoms with E-state index in [9.17, 15) is 0 Å². The molecule has 16 heavy (non-hydrogen) atoms. The minimum absolute atomic E-state index is 0.575. The molecular weight excluding hydrogens is 196 g/mol. The van der Waals surface area contributed by atoms with Gasteiger partial charge in [-0.3, -0.25) is 4.98 Å². The van der Waals surface area contributed by atoms with Gasteiger partial charge in [0.15, 0.2) is 0 Å². The van der Waals surface area contributed by atoms with Crippen LogP contribution in [-0.4, -0.2) is 11.0 Å². The van der Waals surface area contributed by atoms with E-state index in [4.69, 9.17) is 0 Å². The second kappa shape index (κ2) is 3.78. The molecule has 0 aliphatic heterocycles. The minimum atomic E-state index is 0.575. The highest BCUT2D eigenvalue weighted by Gasteiger charge is 2.27. The van der Waals surface area contributed by atoms with Gasteiger partial charge in [-0.2, -0.15) is 0 Å². The Kier molecular flexibility index (Phi) is 2.28. The van der Waals surface area contributed by atoms with Crippen molar-refractivity contribution < 1.29 is 0 Å². The van der Waals surface area contributed by atoms with Gasteiger partial charge < -0.3 is 5.32 Å². The van der Waals surface area contributed by atoms with Crippen LogP contribution in [0, 0.1) is 5.92 Å². The molecule has 1 atom stereocenters. The van der Waals surface area contributed by atoms with E-state index in [1.807, 2.05) is 12.4 Å². The van der Waals surface area contributed by atoms with E-state index < -0.39 is 0 Å². The fraction of sp³-hybridized carbons (Fsp3) is 0.357. The van der Waals surface area contributed by atoms with Crippen LogP contribution in [0.2, 0.25) is 0 Å². The Morgan fingerprint density at radius 3 is 3.00 bits per heavy atom. The molecule has 3 rings (SSSR count). The smallest absolute Gasteiger partial charge is 0.0437 e. The first kappa shape index (κ1) is 9.64. The monoisotopic (exact) mass is 212 g/mol. The van der Waals surface area contributed by atoms with Gasteiger partial charge in [0, 0.05) is 29.5 Å². The molecule has 2 aromatic rings. The van der Waals surface area contributed by atoms with E-state index in [0.29, 0.717) is 6.04 Å². The van der Waals surface area contributed by atoms with Crippen LogP contribution in [-0.2, 0) is 0 Å². The molecule has 1 heterocycles. The summed E-state index contributed by atoms with van der Waals surface area (Å²) in [6.07, 6.45) is 6.53. The standard InChI is InChI=1S/C14H16N2/c1-10(11-5-6-11)16-14-4-2-3-12-7-8-15-9-13(12)14/h2-4,7-11,16H,5-6H2,1H3.